The number of Topliss-reactive ketones (excluding diaryl/α,β-unsaturated/α-hetero) is 1. The van der Waals surface area contributed by atoms with E-state index >= 15 is 4.39 Å². The molecular weight excluding hydrogens is 475 g/mol. The fourth-order valence-corrected chi connectivity index (χ4v) is 7.39. The van der Waals surface area contributed by atoms with Gasteiger partial charge in [0.05, 0.1) is 6.10 Å². The van der Waals surface area contributed by atoms with Crippen molar-refractivity contribution in [2.24, 2.45) is 34.0 Å². The molecule has 200 valence electrons. The minimum absolute atomic E-state index is 0.0563. The summed E-state index contributed by atoms with van der Waals surface area (Å²) in [6, 6.07) is 3.49. The number of alkyl carbamates (subject to hydrolysis) is 1. The quantitative estimate of drug-likeness (QED) is 0.449. The van der Waals surface area contributed by atoms with Crippen LogP contribution in [0, 0.1) is 34.0 Å². The van der Waals surface area contributed by atoms with Gasteiger partial charge in [0.1, 0.15) is 6.10 Å². The zero-order valence-electron chi connectivity index (χ0n) is 21.9. The molecule has 2 unspecified atom stereocenters. The Labute approximate surface area is 217 Å². The number of carbonyl (C=O) groups excluding carboxylic acids is 3. The van der Waals surface area contributed by atoms with Crippen LogP contribution in [-0.4, -0.2) is 46.3 Å². The molecule has 37 heavy (non-hydrogen) atoms. The Morgan fingerprint density at radius 3 is 2.68 bits per heavy atom. The number of imide groups is 1. The number of aliphatic hydroxyl groups is 1. The molecule has 9 atom stereocenters. The van der Waals surface area contributed by atoms with Crippen molar-refractivity contribution in [3.05, 3.63) is 48.8 Å². The van der Waals surface area contributed by atoms with E-state index in [2.05, 4.69) is 16.9 Å². The minimum Gasteiger partial charge on any atom is -0.445 e. The van der Waals surface area contributed by atoms with Gasteiger partial charge in [0, 0.05) is 35.2 Å². The second kappa shape index (κ2) is 9.78. The number of hydrogen-bond donors (Lipinski definition) is 2. The van der Waals surface area contributed by atoms with Crippen LogP contribution in [0.2, 0.25) is 0 Å². The Bertz CT molecular complexity index is 1110. The topological polar surface area (TPSA) is 106 Å². The number of carbonyl (C=O) groups is 3. The highest BCUT2D eigenvalue weighted by Crippen LogP contribution is 2.68. The predicted octanol–water partition coefficient (Wildman–Crippen LogP) is 4.66. The number of aliphatic hydroxyl groups excluding tert-OH is 1. The molecule has 0 spiro atoms. The molecule has 3 saturated carbocycles. The predicted molar refractivity (Wildman–Crippen MR) is 137 cm³/mol. The number of amides is 2. The number of halogens is 1. The minimum atomic E-state index is -1.62. The average Bonchev–Trinajstić information content (AvgIpc) is 3.15. The van der Waals surface area contributed by atoms with Crippen molar-refractivity contribution in [2.45, 2.75) is 71.8 Å². The molecule has 8 heteroatoms. The van der Waals surface area contributed by atoms with Crippen molar-refractivity contribution in [1.82, 2.24) is 10.3 Å². The summed E-state index contributed by atoms with van der Waals surface area (Å²) < 4.78 is 21.1. The van der Waals surface area contributed by atoms with Crippen LogP contribution in [0.3, 0.4) is 0 Å². The highest BCUT2D eigenvalue weighted by molar-refractivity contribution is 6.00. The molecule has 1 aromatic rings. The van der Waals surface area contributed by atoms with Gasteiger partial charge < -0.3 is 9.84 Å². The highest BCUT2D eigenvalue weighted by Gasteiger charge is 2.70. The second-order valence-electron chi connectivity index (χ2n) is 11.7. The van der Waals surface area contributed by atoms with Gasteiger partial charge in [0.2, 0.25) is 0 Å². The lowest BCUT2D eigenvalue weighted by atomic mass is 9.44. The third kappa shape index (κ3) is 4.43. The lowest BCUT2D eigenvalue weighted by Crippen LogP contribution is -2.63. The summed E-state index contributed by atoms with van der Waals surface area (Å²) >= 11 is 0. The summed E-state index contributed by atoms with van der Waals surface area (Å²) in [5, 5.41) is 13.8. The molecular formula is C29H37FN2O5. The summed E-state index contributed by atoms with van der Waals surface area (Å²) in [4.78, 5) is 42.7. The fraction of sp³-hybridized carbons (Fsp3) is 0.586. The zero-order chi connectivity index (χ0) is 27.2. The molecule has 0 saturated heterocycles. The van der Waals surface area contributed by atoms with E-state index in [9.17, 15) is 19.5 Å². The molecule has 7 nitrogen and oxygen atoms in total. The van der Waals surface area contributed by atoms with E-state index in [4.69, 9.17) is 4.74 Å². The van der Waals surface area contributed by atoms with Gasteiger partial charge in [-0.2, -0.15) is 0 Å². The van der Waals surface area contributed by atoms with Crippen molar-refractivity contribution in [3.63, 3.8) is 0 Å². The number of ether oxygens (including phenoxy) is 1. The SMILES string of the molecule is C=C[C@]1(C)C[C@@H](OC(=O)NC(=O)/C=C/c2cccnc2)[C@@]2(C)C3C(=O)[C@H](F)CC3(CC[C@H]2C)[C@@H](C)[C@@H]1O. The zero-order valence-corrected chi connectivity index (χ0v) is 21.9. The molecule has 4 rings (SSSR count). The molecule has 2 N–H and O–H groups in total. The van der Waals surface area contributed by atoms with Crippen LogP contribution in [0.5, 0.6) is 0 Å². The lowest BCUT2D eigenvalue weighted by Gasteiger charge is -2.61. The Hall–Kier alpha value is -2.87. The first kappa shape index (κ1) is 27.2. The van der Waals surface area contributed by atoms with Crippen LogP contribution in [0.4, 0.5) is 9.18 Å². The van der Waals surface area contributed by atoms with E-state index in [0.717, 1.165) is 0 Å². The maximum Gasteiger partial charge on any atom is 0.414 e. The van der Waals surface area contributed by atoms with Crippen molar-refractivity contribution < 1.29 is 28.6 Å². The summed E-state index contributed by atoms with van der Waals surface area (Å²) in [6.45, 7) is 11.6. The first-order valence-corrected chi connectivity index (χ1v) is 13.0. The first-order valence-electron chi connectivity index (χ1n) is 13.0. The molecule has 0 radical (unpaired) electrons. The largest absolute Gasteiger partial charge is 0.445 e. The van der Waals surface area contributed by atoms with Crippen LogP contribution < -0.4 is 5.32 Å². The van der Waals surface area contributed by atoms with Crippen LogP contribution in [0.25, 0.3) is 6.08 Å². The van der Waals surface area contributed by atoms with Crippen LogP contribution >= 0.6 is 0 Å². The number of alkyl halides is 1. The second-order valence-corrected chi connectivity index (χ2v) is 11.7. The standard InChI is InChI=1S/C29H37FN2O5/c1-6-27(4)15-21(37-26(36)32-22(33)10-9-19-8-7-13-31-16-19)28(5)17(2)11-12-29(18(3)25(27)35)14-20(30)23(34)24(28)29/h6-10,13,16-18,20-21,24-25,35H,1,11-12,14-15H2,2-5H3,(H,32,33,36)/b10-9+/t17-,18+,20-,21-,24?,25+,27-,28+,29?/m1/s1. The smallest absolute Gasteiger partial charge is 0.414 e. The van der Waals surface area contributed by atoms with Gasteiger partial charge in [0.25, 0.3) is 5.91 Å². The molecule has 2 amide bonds. The van der Waals surface area contributed by atoms with Crippen molar-refractivity contribution in [1.29, 1.82) is 0 Å². The highest BCUT2D eigenvalue weighted by atomic mass is 19.1. The van der Waals surface area contributed by atoms with Crippen molar-refractivity contribution in [2.75, 3.05) is 0 Å². The Morgan fingerprint density at radius 1 is 1.30 bits per heavy atom. The van der Waals surface area contributed by atoms with Gasteiger partial charge in [-0.3, -0.25) is 19.9 Å². The molecule has 1 heterocycles. The molecule has 3 fully saturated rings. The van der Waals surface area contributed by atoms with Crippen molar-refractivity contribution in [3.8, 4) is 0 Å². The average molecular weight is 513 g/mol. The van der Waals surface area contributed by atoms with Gasteiger partial charge >= 0.3 is 6.09 Å². The van der Waals surface area contributed by atoms with Gasteiger partial charge in [0.15, 0.2) is 12.0 Å². The maximum atomic E-state index is 15.1. The first-order chi connectivity index (χ1) is 17.4. The number of rotatable bonds is 4. The van der Waals surface area contributed by atoms with Crippen LogP contribution in [-0.2, 0) is 14.3 Å². The number of nitrogens with one attached hydrogen (secondary N) is 1. The summed E-state index contributed by atoms with van der Waals surface area (Å²) in [6.07, 6.45) is 4.80. The number of ketones is 1. The Balaban J connectivity index is 1.67. The number of aromatic nitrogens is 1. The fourth-order valence-electron chi connectivity index (χ4n) is 7.39. The third-order valence-electron chi connectivity index (χ3n) is 9.88. The maximum absolute atomic E-state index is 15.1. The Morgan fingerprint density at radius 2 is 2.03 bits per heavy atom. The van der Waals surface area contributed by atoms with Gasteiger partial charge in [-0.25, -0.2) is 9.18 Å². The molecule has 3 aliphatic rings. The Kier molecular flexibility index (Phi) is 7.18. The van der Waals surface area contributed by atoms with Gasteiger partial charge in [-0.05, 0) is 60.6 Å². The van der Waals surface area contributed by atoms with E-state index in [1.54, 1.807) is 30.6 Å². The normalized spacial score (nSPS) is 41.4. The van der Waals surface area contributed by atoms with E-state index in [0.29, 0.717) is 18.4 Å². The van der Waals surface area contributed by atoms with Crippen LogP contribution in [0.15, 0.2) is 43.3 Å². The van der Waals surface area contributed by atoms with Crippen molar-refractivity contribution >= 4 is 23.9 Å². The van der Waals surface area contributed by atoms with E-state index in [1.807, 2.05) is 27.7 Å². The molecule has 1 aromatic heterocycles. The van der Waals surface area contributed by atoms with E-state index < -0.39 is 58.3 Å². The molecule has 3 aliphatic carbocycles. The molecule has 0 aromatic carbocycles. The van der Waals surface area contributed by atoms with Gasteiger partial charge in [-0.15, -0.1) is 6.58 Å². The van der Waals surface area contributed by atoms with E-state index in [1.165, 1.54) is 12.2 Å². The summed E-state index contributed by atoms with van der Waals surface area (Å²) in [5.41, 5.74) is -1.80. The third-order valence-corrected chi connectivity index (χ3v) is 9.88. The lowest BCUT2D eigenvalue weighted by molar-refractivity contribution is -0.191. The number of pyridine rings is 1. The molecule has 0 aliphatic heterocycles. The molecule has 2 bridgehead atoms. The summed E-state index contributed by atoms with van der Waals surface area (Å²) in [7, 11) is 0. The monoisotopic (exact) mass is 512 g/mol. The van der Waals surface area contributed by atoms with E-state index in [-0.39, 0.29) is 24.7 Å². The number of nitrogens with zero attached hydrogens (tertiary/aromatic N) is 1. The van der Waals surface area contributed by atoms with Crippen LogP contribution in [0.1, 0.15) is 58.9 Å². The number of hydrogen-bond acceptors (Lipinski definition) is 6. The summed E-state index contributed by atoms with van der Waals surface area (Å²) in [5.74, 6) is -2.27. The van der Waals surface area contributed by atoms with Gasteiger partial charge in [-0.1, -0.05) is 39.8 Å².